The van der Waals surface area contributed by atoms with Crippen LogP contribution in [0.15, 0.2) is 41.3 Å². The van der Waals surface area contributed by atoms with E-state index in [0.29, 0.717) is 5.69 Å². The van der Waals surface area contributed by atoms with E-state index >= 15 is 0 Å². The number of benzene rings is 2. The van der Waals surface area contributed by atoms with Crippen LogP contribution in [0.5, 0.6) is 0 Å². The molecule has 6 heteroatoms. The van der Waals surface area contributed by atoms with Gasteiger partial charge < -0.3 is 9.80 Å². The molecule has 0 atom stereocenters. The van der Waals surface area contributed by atoms with Crippen molar-refractivity contribution >= 4 is 26.6 Å². The maximum atomic E-state index is 11.7. The average Bonchev–Trinajstić information content (AvgIpc) is 2.46. The number of likely N-dealkylation sites (N-methyl/N-ethyl adjacent to an activating group) is 1. The van der Waals surface area contributed by atoms with Gasteiger partial charge in [0.05, 0.1) is 5.69 Å². The van der Waals surface area contributed by atoms with Crippen molar-refractivity contribution in [2.24, 2.45) is 0 Å². The van der Waals surface area contributed by atoms with Crippen molar-refractivity contribution in [1.82, 2.24) is 4.90 Å². The lowest BCUT2D eigenvalue weighted by Gasteiger charge is -2.34. The maximum absolute atomic E-state index is 11.7. The second-order valence-electron chi connectivity index (χ2n) is 5.43. The Balaban J connectivity index is 2.15. The number of rotatable bonds is 2. The Kier molecular flexibility index (Phi) is 3.61. The molecule has 1 aliphatic rings. The van der Waals surface area contributed by atoms with Crippen molar-refractivity contribution in [3.8, 4) is 0 Å². The van der Waals surface area contributed by atoms with Crippen LogP contribution in [0, 0.1) is 0 Å². The number of anilines is 1. The summed E-state index contributed by atoms with van der Waals surface area (Å²) >= 11 is 0. The number of hydrogen-bond donors (Lipinski definition) is 1. The number of fused-ring (bicyclic) bond motifs is 1. The summed E-state index contributed by atoms with van der Waals surface area (Å²) in [6, 6.07) is 11.0. The van der Waals surface area contributed by atoms with Crippen molar-refractivity contribution in [2.75, 3.05) is 38.1 Å². The Labute approximate surface area is 124 Å². The molecule has 0 spiro atoms. The number of hydrogen-bond acceptors (Lipinski definition) is 4. The van der Waals surface area contributed by atoms with E-state index in [-0.39, 0.29) is 4.90 Å². The zero-order valence-electron chi connectivity index (χ0n) is 11.9. The molecular weight excluding hydrogens is 288 g/mol. The van der Waals surface area contributed by atoms with E-state index in [1.165, 1.54) is 0 Å². The van der Waals surface area contributed by atoms with Gasteiger partial charge in [-0.3, -0.25) is 4.55 Å². The Bertz CT molecular complexity index is 766. The van der Waals surface area contributed by atoms with E-state index in [0.717, 1.165) is 37.0 Å². The van der Waals surface area contributed by atoms with Gasteiger partial charge in [0.25, 0.3) is 10.1 Å². The minimum atomic E-state index is -4.24. The van der Waals surface area contributed by atoms with Gasteiger partial charge in [-0.15, -0.1) is 0 Å². The maximum Gasteiger partial charge on any atom is 0.296 e. The highest BCUT2D eigenvalue weighted by molar-refractivity contribution is 7.86. The second kappa shape index (κ2) is 5.29. The lowest BCUT2D eigenvalue weighted by atomic mass is 10.1. The van der Waals surface area contributed by atoms with Crippen molar-refractivity contribution in [3.05, 3.63) is 36.4 Å². The minimum Gasteiger partial charge on any atom is -0.368 e. The van der Waals surface area contributed by atoms with Crippen LogP contribution in [0.4, 0.5) is 5.69 Å². The molecule has 1 aliphatic heterocycles. The fourth-order valence-corrected chi connectivity index (χ4v) is 3.44. The molecule has 0 amide bonds. The van der Waals surface area contributed by atoms with Gasteiger partial charge in [0.15, 0.2) is 0 Å². The summed E-state index contributed by atoms with van der Waals surface area (Å²) in [5.41, 5.74) is 0.587. The number of nitrogens with zero attached hydrogens (tertiary/aromatic N) is 2. The zero-order valence-corrected chi connectivity index (χ0v) is 12.7. The Morgan fingerprint density at radius 3 is 2.14 bits per heavy atom. The molecule has 0 aromatic heterocycles. The highest BCUT2D eigenvalue weighted by Crippen LogP contribution is 2.31. The molecular formula is C15H18N2O3S. The third kappa shape index (κ3) is 2.88. The van der Waals surface area contributed by atoms with Crippen LogP contribution in [0.25, 0.3) is 10.8 Å². The summed E-state index contributed by atoms with van der Waals surface area (Å²) < 4.78 is 33.0. The SMILES string of the molecule is CN1CCN(c2cc3ccccc3cc2S(=O)(=O)O)CC1. The van der Waals surface area contributed by atoms with Gasteiger partial charge in [0.1, 0.15) is 4.90 Å². The van der Waals surface area contributed by atoms with Gasteiger partial charge in [-0.1, -0.05) is 24.3 Å². The average molecular weight is 306 g/mol. The van der Waals surface area contributed by atoms with Crippen molar-refractivity contribution < 1.29 is 13.0 Å². The molecule has 1 fully saturated rings. The van der Waals surface area contributed by atoms with E-state index < -0.39 is 10.1 Å². The Morgan fingerprint density at radius 2 is 1.57 bits per heavy atom. The van der Waals surface area contributed by atoms with Gasteiger partial charge >= 0.3 is 0 Å². The molecule has 0 bridgehead atoms. The molecule has 3 rings (SSSR count). The fraction of sp³-hybridized carbons (Fsp3) is 0.333. The van der Waals surface area contributed by atoms with Gasteiger partial charge in [-0.05, 0) is 30.0 Å². The molecule has 21 heavy (non-hydrogen) atoms. The first-order valence-electron chi connectivity index (χ1n) is 6.89. The summed E-state index contributed by atoms with van der Waals surface area (Å²) in [4.78, 5) is 4.21. The van der Waals surface area contributed by atoms with Crippen LogP contribution in [0.1, 0.15) is 0 Å². The predicted molar refractivity (Wildman–Crippen MR) is 83.5 cm³/mol. The zero-order chi connectivity index (χ0) is 15.0. The highest BCUT2D eigenvalue weighted by atomic mass is 32.2. The smallest absolute Gasteiger partial charge is 0.296 e. The number of piperazine rings is 1. The van der Waals surface area contributed by atoms with Crippen LogP contribution in [-0.4, -0.2) is 51.1 Å². The second-order valence-corrected chi connectivity index (χ2v) is 6.82. The first kappa shape index (κ1) is 14.3. The highest BCUT2D eigenvalue weighted by Gasteiger charge is 2.23. The fourth-order valence-electron chi connectivity index (χ4n) is 2.71. The molecule has 1 saturated heterocycles. The molecule has 112 valence electrons. The molecule has 1 heterocycles. The van der Waals surface area contributed by atoms with E-state index in [1.807, 2.05) is 42.3 Å². The van der Waals surface area contributed by atoms with Crippen molar-refractivity contribution in [1.29, 1.82) is 0 Å². The van der Waals surface area contributed by atoms with Gasteiger partial charge in [0.2, 0.25) is 0 Å². The molecule has 0 unspecified atom stereocenters. The monoisotopic (exact) mass is 306 g/mol. The summed E-state index contributed by atoms with van der Waals surface area (Å²) in [5.74, 6) is 0. The molecule has 2 aromatic carbocycles. The van der Waals surface area contributed by atoms with Gasteiger partial charge in [-0.2, -0.15) is 8.42 Å². The quantitative estimate of drug-likeness (QED) is 0.858. The Morgan fingerprint density at radius 1 is 1.00 bits per heavy atom. The van der Waals surface area contributed by atoms with E-state index in [1.54, 1.807) is 6.07 Å². The van der Waals surface area contributed by atoms with Crippen LogP contribution in [0.2, 0.25) is 0 Å². The summed E-state index contributed by atoms with van der Waals surface area (Å²) in [6.45, 7) is 3.24. The summed E-state index contributed by atoms with van der Waals surface area (Å²) in [5, 5.41) is 1.78. The predicted octanol–water partition coefficient (Wildman–Crippen LogP) is 1.84. The first-order valence-corrected chi connectivity index (χ1v) is 8.33. The lowest BCUT2D eigenvalue weighted by molar-refractivity contribution is 0.312. The summed E-state index contributed by atoms with van der Waals surface area (Å²) in [7, 11) is -2.20. The molecule has 5 nitrogen and oxygen atoms in total. The van der Waals surface area contributed by atoms with E-state index in [4.69, 9.17) is 0 Å². The van der Waals surface area contributed by atoms with Gasteiger partial charge in [0, 0.05) is 26.2 Å². The molecule has 0 aliphatic carbocycles. The van der Waals surface area contributed by atoms with E-state index in [2.05, 4.69) is 4.90 Å². The van der Waals surface area contributed by atoms with Crippen molar-refractivity contribution in [3.63, 3.8) is 0 Å². The molecule has 1 N–H and O–H groups in total. The standard InChI is InChI=1S/C15H18N2O3S/c1-16-6-8-17(9-7-16)14-10-12-4-2-3-5-13(12)11-15(14)21(18,19)20/h2-5,10-11H,6-9H2,1H3,(H,18,19,20). The van der Waals surface area contributed by atoms with Gasteiger partial charge in [-0.25, -0.2) is 0 Å². The third-order valence-corrected chi connectivity index (χ3v) is 4.83. The van der Waals surface area contributed by atoms with Crippen LogP contribution in [-0.2, 0) is 10.1 Å². The molecule has 0 saturated carbocycles. The minimum absolute atomic E-state index is 0.00856. The normalized spacial score (nSPS) is 17.3. The lowest BCUT2D eigenvalue weighted by Crippen LogP contribution is -2.44. The third-order valence-electron chi connectivity index (χ3n) is 3.95. The molecule has 2 aromatic rings. The summed E-state index contributed by atoms with van der Waals surface area (Å²) in [6.07, 6.45) is 0. The molecule has 0 radical (unpaired) electrons. The van der Waals surface area contributed by atoms with E-state index in [9.17, 15) is 13.0 Å². The first-order chi connectivity index (χ1) is 9.95. The Hall–Kier alpha value is -1.63. The van der Waals surface area contributed by atoms with Crippen LogP contribution in [0.3, 0.4) is 0 Å². The largest absolute Gasteiger partial charge is 0.368 e. The topological polar surface area (TPSA) is 60.9 Å². The van der Waals surface area contributed by atoms with Crippen LogP contribution >= 0.6 is 0 Å². The van der Waals surface area contributed by atoms with Crippen molar-refractivity contribution in [2.45, 2.75) is 4.90 Å². The van der Waals surface area contributed by atoms with Crippen LogP contribution < -0.4 is 4.90 Å².